The van der Waals surface area contributed by atoms with Gasteiger partial charge in [0, 0.05) is 34.7 Å². The molecule has 0 spiro atoms. The molecule has 1 aliphatic rings. The van der Waals surface area contributed by atoms with Gasteiger partial charge in [0.25, 0.3) is 5.56 Å². The number of ketones is 1. The highest BCUT2D eigenvalue weighted by molar-refractivity contribution is 6.21. The maximum Gasteiger partial charge on any atom is 0.254 e. The number of Topliss-reactive ketones (excluding diaryl/α,β-unsaturated/α-hetero) is 1. The molecule has 0 bridgehead atoms. The molecule has 6 heteroatoms. The maximum absolute atomic E-state index is 13.7. The van der Waals surface area contributed by atoms with Crippen LogP contribution in [-0.4, -0.2) is 22.4 Å². The van der Waals surface area contributed by atoms with Crippen molar-refractivity contribution in [3.05, 3.63) is 75.5 Å². The summed E-state index contributed by atoms with van der Waals surface area (Å²) in [5.74, 6) is 0.634. The van der Waals surface area contributed by atoms with Gasteiger partial charge < -0.3 is 15.0 Å². The summed E-state index contributed by atoms with van der Waals surface area (Å²) >= 11 is 0. The summed E-state index contributed by atoms with van der Waals surface area (Å²) in [5.41, 5.74) is 10.0. The van der Waals surface area contributed by atoms with Crippen LogP contribution in [0.3, 0.4) is 0 Å². The predicted octanol–water partition coefficient (Wildman–Crippen LogP) is 4.78. The van der Waals surface area contributed by atoms with Crippen LogP contribution in [0.15, 0.2) is 53.1 Å². The first-order chi connectivity index (χ1) is 15.9. The number of hydrogen-bond donors (Lipinski definition) is 1. The molecule has 0 atom stereocenters. The van der Waals surface area contributed by atoms with Crippen LogP contribution in [0.25, 0.3) is 16.5 Å². The lowest BCUT2D eigenvalue weighted by Gasteiger charge is -2.24. The van der Waals surface area contributed by atoms with Crippen molar-refractivity contribution < 1.29 is 9.53 Å². The molecule has 4 rings (SSSR count). The molecular weight excluding hydrogens is 414 g/mol. The average molecular weight is 446 g/mol. The Balaban J connectivity index is 2.00. The summed E-state index contributed by atoms with van der Waals surface area (Å²) in [6.45, 7) is 3.59. The van der Waals surface area contributed by atoms with E-state index in [1.807, 2.05) is 36.4 Å². The smallest absolute Gasteiger partial charge is 0.254 e. The van der Waals surface area contributed by atoms with Gasteiger partial charge in [0.2, 0.25) is 0 Å². The molecule has 1 fully saturated rings. The van der Waals surface area contributed by atoms with E-state index in [4.69, 9.17) is 10.5 Å². The minimum absolute atomic E-state index is 0.0206. The molecular formula is C27H31N3O3. The summed E-state index contributed by atoms with van der Waals surface area (Å²) < 4.78 is 7.45. The third-order valence-corrected chi connectivity index (χ3v) is 6.55. The number of carbonyl (C=O) groups is 1. The Kier molecular flexibility index (Phi) is 6.63. The summed E-state index contributed by atoms with van der Waals surface area (Å²) in [6.07, 6.45) is 7.28. The van der Waals surface area contributed by atoms with E-state index in [2.05, 4.69) is 4.98 Å². The Morgan fingerprint density at radius 2 is 1.91 bits per heavy atom. The molecule has 0 unspecified atom stereocenters. The van der Waals surface area contributed by atoms with Gasteiger partial charge in [-0.15, -0.1) is 0 Å². The monoisotopic (exact) mass is 445 g/mol. The topological polar surface area (TPSA) is 87.2 Å². The Bertz CT molecular complexity index is 1270. The highest BCUT2D eigenvalue weighted by Crippen LogP contribution is 2.36. The van der Waals surface area contributed by atoms with Gasteiger partial charge in [-0.25, -0.2) is 0 Å². The van der Waals surface area contributed by atoms with Crippen molar-refractivity contribution in [2.24, 2.45) is 5.73 Å². The molecule has 0 radical (unpaired) electrons. The van der Waals surface area contributed by atoms with Crippen molar-refractivity contribution in [1.29, 1.82) is 0 Å². The van der Waals surface area contributed by atoms with Crippen LogP contribution in [-0.2, 0) is 11.3 Å². The van der Waals surface area contributed by atoms with E-state index in [0.29, 0.717) is 29.1 Å². The number of aromatic nitrogens is 2. The fraction of sp³-hybridized carbons (Fsp3) is 0.370. The third kappa shape index (κ3) is 4.56. The number of pyridine rings is 2. The molecule has 33 heavy (non-hydrogen) atoms. The highest BCUT2D eigenvalue weighted by Gasteiger charge is 2.23. The molecule has 2 N–H and O–H groups in total. The molecule has 0 saturated heterocycles. The number of nitrogens with zero attached hydrogens (tertiary/aromatic N) is 2. The van der Waals surface area contributed by atoms with Gasteiger partial charge in [-0.3, -0.25) is 14.6 Å². The molecule has 2 aromatic heterocycles. The Labute approximate surface area is 194 Å². The Hall–Kier alpha value is -3.41. The molecule has 3 aromatic rings. The van der Waals surface area contributed by atoms with E-state index < -0.39 is 0 Å². The van der Waals surface area contributed by atoms with Gasteiger partial charge in [0.05, 0.1) is 24.9 Å². The average Bonchev–Trinajstić information content (AvgIpc) is 2.81. The van der Waals surface area contributed by atoms with Crippen LogP contribution in [0.5, 0.6) is 5.75 Å². The lowest BCUT2D eigenvalue weighted by molar-refractivity contribution is -0.111. The van der Waals surface area contributed by atoms with E-state index in [0.717, 1.165) is 47.8 Å². The fourth-order valence-electron chi connectivity index (χ4n) is 4.99. The standard InChI is InChI=1S/C27H31N3O3/c1-17(28)26(18(2)31)23-14-20-13-22(19-9-5-4-6-10-19)27(32)30(24(20)15-25(23)33-3)16-21-11-7-8-12-29-21/h7-8,11-15,19H,4-6,9-10,16,28H2,1-3H3. The first-order valence-corrected chi connectivity index (χ1v) is 11.5. The van der Waals surface area contributed by atoms with Crippen LogP contribution in [0.1, 0.15) is 68.7 Å². The van der Waals surface area contributed by atoms with Crippen molar-refractivity contribution in [1.82, 2.24) is 9.55 Å². The molecule has 172 valence electrons. The van der Waals surface area contributed by atoms with Crippen LogP contribution in [0, 0.1) is 0 Å². The number of fused-ring (bicyclic) bond motifs is 1. The minimum Gasteiger partial charge on any atom is -0.496 e. The summed E-state index contributed by atoms with van der Waals surface area (Å²) in [4.78, 5) is 30.6. The van der Waals surface area contributed by atoms with Gasteiger partial charge in [0.1, 0.15) is 5.75 Å². The SMILES string of the molecule is COc1cc2c(cc1C(C(C)=O)=C(C)N)cc(C1CCCCC1)c(=O)n2Cc1ccccn1. The number of rotatable bonds is 6. The molecule has 0 aliphatic heterocycles. The van der Waals surface area contributed by atoms with Gasteiger partial charge in [-0.2, -0.15) is 0 Å². The number of methoxy groups -OCH3 is 1. The van der Waals surface area contributed by atoms with Crippen LogP contribution in [0.4, 0.5) is 0 Å². The van der Waals surface area contributed by atoms with Gasteiger partial charge in [0.15, 0.2) is 5.78 Å². The normalized spacial score (nSPS) is 15.4. The van der Waals surface area contributed by atoms with Crippen molar-refractivity contribution >= 4 is 22.3 Å². The van der Waals surface area contributed by atoms with Crippen LogP contribution < -0.4 is 16.0 Å². The van der Waals surface area contributed by atoms with Crippen LogP contribution >= 0.6 is 0 Å². The quantitative estimate of drug-likeness (QED) is 0.552. The lowest BCUT2D eigenvalue weighted by Crippen LogP contribution is -2.27. The van der Waals surface area contributed by atoms with Crippen LogP contribution in [0.2, 0.25) is 0 Å². The van der Waals surface area contributed by atoms with Crippen molar-refractivity contribution in [3.63, 3.8) is 0 Å². The predicted molar refractivity (Wildman–Crippen MR) is 131 cm³/mol. The molecule has 6 nitrogen and oxygen atoms in total. The lowest BCUT2D eigenvalue weighted by atomic mass is 9.84. The summed E-state index contributed by atoms with van der Waals surface area (Å²) in [6, 6.07) is 11.5. The largest absolute Gasteiger partial charge is 0.496 e. The molecule has 0 amide bonds. The summed E-state index contributed by atoms with van der Waals surface area (Å²) in [7, 11) is 1.56. The van der Waals surface area contributed by atoms with Gasteiger partial charge >= 0.3 is 0 Å². The zero-order chi connectivity index (χ0) is 23.5. The second kappa shape index (κ2) is 9.61. The highest BCUT2D eigenvalue weighted by atomic mass is 16.5. The van der Waals surface area contributed by atoms with Crippen molar-refractivity contribution in [3.8, 4) is 5.75 Å². The molecule has 1 aliphatic carbocycles. The van der Waals surface area contributed by atoms with Gasteiger partial charge in [-0.05, 0) is 62.3 Å². The number of ether oxygens (including phenoxy) is 1. The summed E-state index contributed by atoms with van der Waals surface area (Å²) in [5, 5.41) is 0.891. The first-order valence-electron chi connectivity index (χ1n) is 11.5. The second-order valence-corrected chi connectivity index (χ2v) is 8.87. The Morgan fingerprint density at radius 1 is 1.15 bits per heavy atom. The van der Waals surface area contributed by atoms with E-state index in [-0.39, 0.29) is 17.3 Å². The van der Waals surface area contributed by atoms with E-state index in [1.165, 1.54) is 13.3 Å². The van der Waals surface area contributed by atoms with Crippen molar-refractivity contribution in [2.75, 3.05) is 7.11 Å². The fourth-order valence-corrected chi connectivity index (χ4v) is 4.99. The third-order valence-electron chi connectivity index (χ3n) is 6.55. The van der Waals surface area contributed by atoms with E-state index >= 15 is 0 Å². The molecule has 1 saturated carbocycles. The number of hydrogen-bond acceptors (Lipinski definition) is 5. The zero-order valence-electron chi connectivity index (χ0n) is 19.6. The second-order valence-electron chi connectivity index (χ2n) is 8.87. The van der Waals surface area contributed by atoms with E-state index in [9.17, 15) is 9.59 Å². The molecule has 1 aromatic carbocycles. The maximum atomic E-state index is 13.7. The zero-order valence-corrected chi connectivity index (χ0v) is 19.6. The number of allylic oxidation sites excluding steroid dienone is 2. The van der Waals surface area contributed by atoms with Crippen molar-refractivity contribution in [2.45, 2.75) is 58.4 Å². The first kappa shape index (κ1) is 22.8. The van der Waals surface area contributed by atoms with E-state index in [1.54, 1.807) is 24.8 Å². The number of nitrogens with two attached hydrogens (primary N) is 1. The number of benzene rings is 1. The molecule has 2 heterocycles. The Morgan fingerprint density at radius 3 is 2.52 bits per heavy atom. The number of carbonyl (C=O) groups excluding carboxylic acids is 1. The minimum atomic E-state index is -0.123. The van der Waals surface area contributed by atoms with Gasteiger partial charge in [-0.1, -0.05) is 25.3 Å².